The topological polar surface area (TPSA) is 100 Å². The fraction of sp³-hybridized carbons (Fsp3) is 0.417. The molecule has 204 valence electrons. The number of halogens is 6. The van der Waals surface area contributed by atoms with Gasteiger partial charge in [0.05, 0.1) is 17.0 Å². The van der Waals surface area contributed by atoms with Crippen molar-refractivity contribution in [1.82, 2.24) is 19.4 Å². The van der Waals surface area contributed by atoms with Gasteiger partial charge in [0.1, 0.15) is 29.2 Å². The maximum Gasteiger partial charge on any atom is 0.417 e. The Morgan fingerprint density at radius 1 is 1.16 bits per heavy atom. The van der Waals surface area contributed by atoms with E-state index in [4.69, 9.17) is 0 Å². The largest absolute Gasteiger partial charge is 0.417 e. The molecule has 2 aromatic heterocycles. The van der Waals surface area contributed by atoms with E-state index in [1.807, 2.05) is 0 Å². The van der Waals surface area contributed by atoms with E-state index in [1.54, 1.807) is 0 Å². The van der Waals surface area contributed by atoms with Crippen molar-refractivity contribution in [3.63, 3.8) is 0 Å². The van der Waals surface area contributed by atoms with Crippen molar-refractivity contribution >= 4 is 22.8 Å². The van der Waals surface area contributed by atoms with Crippen molar-refractivity contribution in [2.24, 2.45) is 7.05 Å². The summed E-state index contributed by atoms with van der Waals surface area (Å²) in [6, 6.07) is 3.90. The van der Waals surface area contributed by atoms with E-state index in [-0.39, 0.29) is 28.0 Å². The first-order chi connectivity index (χ1) is 17.7. The van der Waals surface area contributed by atoms with Gasteiger partial charge in [0, 0.05) is 38.5 Å². The first-order valence-electron chi connectivity index (χ1n) is 11.5. The van der Waals surface area contributed by atoms with E-state index >= 15 is 0 Å². The molecule has 0 bridgehead atoms. The molecule has 14 heteroatoms. The summed E-state index contributed by atoms with van der Waals surface area (Å²) in [5, 5.41) is 12.9. The molecule has 1 aromatic carbocycles. The lowest BCUT2D eigenvalue weighted by molar-refractivity contribution is -0.271. The van der Waals surface area contributed by atoms with Crippen LogP contribution in [0, 0.1) is 5.82 Å². The zero-order valence-electron chi connectivity index (χ0n) is 20.2. The molecule has 0 aliphatic carbocycles. The molecule has 1 amide bonds. The fourth-order valence-electron chi connectivity index (χ4n) is 4.43. The number of carbonyl (C=O) groups is 1. The van der Waals surface area contributed by atoms with E-state index in [2.05, 4.69) is 15.3 Å². The number of benzene rings is 1. The number of aromatic nitrogens is 3. The lowest BCUT2D eigenvalue weighted by Crippen LogP contribution is -2.54. The first-order valence-corrected chi connectivity index (χ1v) is 11.5. The van der Waals surface area contributed by atoms with E-state index in [0.29, 0.717) is 0 Å². The van der Waals surface area contributed by atoms with Gasteiger partial charge in [-0.25, -0.2) is 23.1 Å². The van der Waals surface area contributed by atoms with E-state index in [1.165, 1.54) is 32.2 Å². The molecule has 1 saturated heterocycles. The molecule has 1 aliphatic heterocycles. The minimum atomic E-state index is -4.86. The Hall–Kier alpha value is -3.68. The Labute approximate surface area is 211 Å². The number of alkyl halides is 5. The molecule has 0 spiro atoms. The summed E-state index contributed by atoms with van der Waals surface area (Å²) < 4.78 is 81.4. The maximum atomic E-state index is 14.7. The number of rotatable bonds is 5. The molecule has 8 nitrogen and oxygen atoms in total. The summed E-state index contributed by atoms with van der Waals surface area (Å²) in [4.78, 5) is 35.3. The van der Waals surface area contributed by atoms with Gasteiger partial charge in [-0.1, -0.05) is 18.2 Å². The van der Waals surface area contributed by atoms with Crippen molar-refractivity contribution in [3.8, 4) is 0 Å². The number of likely N-dealkylation sites (tertiary alicyclic amines) is 1. The van der Waals surface area contributed by atoms with Crippen LogP contribution in [0.15, 0.2) is 35.4 Å². The Morgan fingerprint density at radius 3 is 2.39 bits per heavy atom. The maximum absolute atomic E-state index is 14.7. The highest BCUT2D eigenvalue weighted by Gasteiger charge is 2.55. The summed E-state index contributed by atoms with van der Waals surface area (Å²) in [5.41, 5.74) is -4.78. The van der Waals surface area contributed by atoms with Crippen LogP contribution in [0.2, 0.25) is 0 Å². The van der Waals surface area contributed by atoms with Crippen molar-refractivity contribution < 1.29 is 36.2 Å². The third kappa shape index (κ3) is 4.79. The molecule has 1 aliphatic rings. The van der Waals surface area contributed by atoms with Crippen LogP contribution in [-0.2, 0) is 7.05 Å². The minimum absolute atomic E-state index is 0.0684. The number of amides is 1. The van der Waals surface area contributed by atoms with Crippen LogP contribution in [0.25, 0.3) is 11.0 Å². The van der Waals surface area contributed by atoms with Gasteiger partial charge in [0.15, 0.2) is 5.60 Å². The lowest BCUT2D eigenvalue weighted by atomic mass is 9.90. The van der Waals surface area contributed by atoms with Gasteiger partial charge in [0.25, 0.3) is 17.9 Å². The quantitative estimate of drug-likeness (QED) is 0.470. The smallest absolute Gasteiger partial charge is 0.380 e. The molecule has 4 rings (SSSR count). The molecule has 2 N–H and O–H groups in total. The molecule has 3 heterocycles. The highest BCUT2D eigenvalue weighted by atomic mass is 19.4. The molecule has 3 aromatic rings. The summed E-state index contributed by atoms with van der Waals surface area (Å²) in [6.07, 6.45) is -8.25. The van der Waals surface area contributed by atoms with Crippen molar-refractivity contribution in [3.05, 3.63) is 63.5 Å². The van der Waals surface area contributed by atoms with Gasteiger partial charge >= 0.3 is 6.18 Å². The number of piperidine rings is 1. The van der Waals surface area contributed by atoms with Crippen molar-refractivity contribution in [2.45, 2.75) is 44.0 Å². The van der Waals surface area contributed by atoms with Crippen LogP contribution in [0.1, 0.15) is 53.7 Å². The van der Waals surface area contributed by atoms with Crippen LogP contribution < -0.4 is 10.9 Å². The number of nitrogens with zero attached hydrogens (tertiary/aromatic N) is 4. The molecular formula is C24H23F6N5O3. The average Bonchev–Trinajstić information content (AvgIpc) is 2.85. The van der Waals surface area contributed by atoms with E-state index < -0.39 is 73.0 Å². The predicted octanol–water partition coefficient (Wildman–Crippen LogP) is 4.11. The number of aliphatic hydroxyl groups is 1. The van der Waals surface area contributed by atoms with Crippen molar-refractivity contribution in [1.29, 1.82) is 0 Å². The van der Waals surface area contributed by atoms with Crippen LogP contribution in [0.5, 0.6) is 0 Å². The second kappa shape index (κ2) is 9.89. The molecule has 0 unspecified atom stereocenters. The Kier molecular flexibility index (Phi) is 7.12. The second-order valence-corrected chi connectivity index (χ2v) is 9.12. The first kappa shape index (κ1) is 27.4. The van der Waals surface area contributed by atoms with Crippen LogP contribution in [0.4, 0.5) is 32.2 Å². The third-order valence-corrected chi connectivity index (χ3v) is 6.75. The number of anilines is 1. The number of hydrogen-bond donors (Lipinski definition) is 2. The Morgan fingerprint density at radius 2 is 1.79 bits per heavy atom. The summed E-state index contributed by atoms with van der Waals surface area (Å²) in [6.45, 7) is 0.650. The number of pyridine rings is 1. The normalized spacial score (nSPS) is 16.6. The van der Waals surface area contributed by atoms with Crippen LogP contribution >= 0.6 is 0 Å². The molecular weight excluding hydrogens is 520 g/mol. The van der Waals surface area contributed by atoms with Gasteiger partial charge in [-0.05, 0) is 13.0 Å². The highest BCUT2D eigenvalue weighted by molar-refractivity contribution is 5.99. The summed E-state index contributed by atoms with van der Waals surface area (Å²) in [5.74, 6) is -1.86. The Bertz CT molecular complexity index is 1430. The third-order valence-electron chi connectivity index (χ3n) is 6.75. The van der Waals surface area contributed by atoms with E-state index in [9.17, 15) is 41.0 Å². The lowest BCUT2D eigenvalue weighted by Gasteiger charge is -2.39. The number of fused-ring (bicyclic) bond motifs is 1. The van der Waals surface area contributed by atoms with Gasteiger partial charge in [-0.15, -0.1) is 0 Å². The summed E-state index contributed by atoms with van der Waals surface area (Å²) in [7, 11) is 1.34. The fourth-order valence-corrected chi connectivity index (χ4v) is 4.43. The molecule has 1 fully saturated rings. The number of hydrogen-bond acceptors (Lipinski definition) is 6. The SMILES string of the molecule is C[C@@H](Nc1ncnc2c1cc(C(=O)N1CCC(O)(C(F)(F)F)CC1)c(=O)n2C)c1cccc(C(F)F)c1F. The molecule has 38 heavy (non-hydrogen) atoms. The summed E-state index contributed by atoms with van der Waals surface area (Å²) >= 11 is 0. The monoisotopic (exact) mass is 543 g/mol. The van der Waals surface area contributed by atoms with Gasteiger partial charge < -0.3 is 15.3 Å². The number of aryl methyl sites for hydroxylation is 1. The standard InChI is InChI=1S/C24H23F6N5O3/c1-12(13-4-3-5-14(17(13)25)18(26)27)33-19-15-10-16(21(36)34(2)20(15)32-11-31-19)22(37)35-8-6-23(38,7-9-35)24(28,29)30/h3-5,10-12,18,38H,6-9H2,1-2H3,(H,31,32,33)/t12-/m1/s1. The number of nitrogens with one attached hydrogen (secondary N) is 1. The molecule has 0 saturated carbocycles. The predicted molar refractivity (Wildman–Crippen MR) is 124 cm³/mol. The van der Waals surface area contributed by atoms with Gasteiger partial charge in [-0.3, -0.25) is 14.2 Å². The Balaban J connectivity index is 1.68. The second-order valence-electron chi connectivity index (χ2n) is 9.12. The van der Waals surface area contributed by atoms with Crippen LogP contribution in [0.3, 0.4) is 0 Å². The van der Waals surface area contributed by atoms with Gasteiger partial charge in [0.2, 0.25) is 0 Å². The zero-order chi connectivity index (χ0) is 28.0. The minimum Gasteiger partial charge on any atom is -0.380 e. The van der Waals surface area contributed by atoms with Gasteiger partial charge in [-0.2, -0.15) is 13.2 Å². The van der Waals surface area contributed by atoms with Crippen molar-refractivity contribution in [2.75, 3.05) is 18.4 Å². The number of carbonyl (C=O) groups excluding carboxylic acids is 1. The molecule has 0 radical (unpaired) electrons. The van der Waals surface area contributed by atoms with Crippen LogP contribution in [-0.4, -0.2) is 55.3 Å². The highest BCUT2D eigenvalue weighted by Crippen LogP contribution is 2.38. The average molecular weight is 543 g/mol. The molecule has 1 atom stereocenters. The zero-order valence-corrected chi connectivity index (χ0v) is 20.2. The van der Waals surface area contributed by atoms with E-state index in [0.717, 1.165) is 21.9 Å².